The van der Waals surface area contributed by atoms with Crippen molar-refractivity contribution in [3.8, 4) is 0 Å². The van der Waals surface area contributed by atoms with Gasteiger partial charge in [0.15, 0.2) is 0 Å². The molecule has 6 heteroatoms. The number of amides is 1. The molecule has 0 spiro atoms. The molecule has 0 aromatic carbocycles. The number of carbonyl (C=O) groups excluding carboxylic acids is 2. The SMILES string of the molecule is CCCCCCCCCCCCCCCCC(=O)OCCCCCCCCCCCCCCCCCCCCCCCCCCCCC(=O)NC(CO)C(O)CCCCCCCCCCCCCCC. The maximum absolute atomic E-state index is 12.5. The van der Waals surface area contributed by atoms with E-state index >= 15 is 0 Å². The molecule has 6 nitrogen and oxygen atoms in total. The Kier molecular flexibility index (Phi) is 59.4. The zero-order valence-electron chi connectivity index (χ0n) is 47.8. The molecular weight excluding hydrogens is 863 g/mol. The highest BCUT2D eigenvalue weighted by atomic mass is 16.5. The van der Waals surface area contributed by atoms with Crippen LogP contribution in [0.4, 0.5) is 0 Å². The van der Waals surface area contributed by atoms with Crippen LogP contribution in [0.3, 0.4) is 0 Å². The number of hydrogen-bond donors (Lipinski definition) is 3. The molecule has 0 aliphatic heterocycles. The lowest BCUT2D eigenvalue weighted by atomic mass is 10.0. The van der Waals surface area contributed by atoms with E-state index in [4.69, 9.17) is 4.74 Å². The van der Waals surface area contributed by atoms with Crippen molar-refractivity contribution in [1.82, 2.24) is 5.32 Å². The fourth-order valence-electron chi connectivity index (χ4n) is 10.5. The molecule has 70 heavy (non-hydrogen) atoms. The van der Waals surface area contributed by atoms with Gasteiger partial charge in [0, 0.05) is 12.8 Å². The summed E-state index contributed by atoms with van der Waals surface area (Å²) < 4.78 is 5.49. The number of ether oxygens (including phenoxy) is 1. The highest BCUT2D eigenvalue weighted by Gasteiger charge is 2.20. The predicted molar refractivity (Wildman–Crippen MR) is 306 cm³/mol. The van der Waals surface area contributed by atoms with Crippen molar-refractivity contribution in [2.24, 2.45) is 0 Å². The van der Waals surface area contributed by atoms with Gasteiger partial charge in [0.05, 0.1) is 25.4 Å². The van der Waals surface area contributed by atoms with Crippen molar-refractivity contribution in [2.45, 2.75) is 386 Å². The highest BCUT2D eigenvalue weighted by molar-refractivity contribution is 5.76. The molecule has 0 aromatic rings. The summed E-state index contributed by atoms with van der Waals surface area (Å²) in [5.74, 6) is -0.00978. The van der Waals surface area contributed by atoms with E-state index in [1.165, 1.54) is 302 Å². The fraction of sp³-hybridized carbons (Fsp3) is 0.969. The van der Waals surface area contributed by atoms with Crippen LogP contribution in [0.5, 0.6) is 0 Å². The van der Waals surface area contributed by atoms with Crippen molar-refractivity contribution in [3.05, 3.63) is 0 Å². The van der Waals surface area contributed by atoms with Crippen LogP contribution >= 0.6 is 0 Å². The zero-order chi connectivity index (χ0) is 50.7. The summed E-state index contributed by atoms with van der Waals surface area (Å²) in [6.07, 6.45) is 71.3. The topological polar surface area (TPSA) is 95.9 Å². The zero-order valence-corrected chi connectivity index (χ0v) is 47.8. The van der Waals surface area contributed by atoms with Gasteiger partial charge in [-0.1, -0.05) is 335 Å². The quantitative estimate of drug-likeness (QED) is 0.0417. The van der Waals surface area contributed by atoms with Crippen molar-refractivity contribution in [1.29, 1.82) is 0 Å². The standard InChI is InChI=1S/C64H127NO5/c1-3-5-7-9-11-13-15-17-34-38-42-46-50-54-58-64(69)70-59-55-51-47-43-39-35-31-29-27-25-23-21-19-18-20-22-24-26-28-30-33-37-41-45-49-53-57-63(68)65-61(60-66)62(67)56-52-48-44-40-36-32-16-14-12-10-8-6-4-2/h61-62,66-67H,3-60H2,1-2H3,(H,65,68). The predicted octanol–water partition coefficient (Wildman–Crippen LogP) is 20.3. The maximum atomic E-state index is 12.5. The van der Waals surface area contributed by atoms with E-state index in [2.05, 4.69) is 19.2 Å². The number of esters is 1. The molecule has 0 rings (SSSR count). The van der Waals surface area contributed by atoms with Crippen LogP contribution in [-0.4, -0.2) is 47.4 Å². The number of hydrogen-bond acceptors (Lipinski definition) is 5. The van der Waals surface area contributed by atoms with E-state index in [1.807, 2.05) is 0 Å². The van der Waals surface area contributed by atoms with Crippen LogP contribution < -0.4 is 5.32 Å². The second kappa shape index (κ2) is 60.4. The molecule has 2 unspecified atom stereocenters. The second-order valence-electron chi connectivity index (χ2n) is 22.5. The number of aliphatic hydroxyl groups is 2. The van der Waals surface area contributed by atoms with Crippen LogP contribution in [0.15, 0.2) is 0 Å². The van der Waals surface area contributed by atoms with Gasteiger partial charge in [0.25, 0.3) is 0 Å². The Morgan fingerprint density at radius 2 is 0.586 bits per heavy atom. The first-order valence-corrected chi connectivity index (χ1v) is 32.3. The van der Waals surface area contributed by atoms with Crippen molar-refractivity contribution in [3.63, 3.8) is 0 Å². The van der Waals surface area contributed by atoms with Gasteiger partial charge in [-0.25, -0.2) is 0 Å². The summed E-state index contributed by atoms with van der Waals surface area (Å²) in [7, 11) is 0. The van der Waals surface area contributed by atoms with E-state index < -0.39 is 12.1 Å². The monoisotopic (exact) mass is 990 g/mol. The third-order valence-corrected chi connectivity index (χ3v) is 15.4. The Labute approximate surface area is 438 Å². The summed E-state index contributed by atoms with van der Waals surface area (Å²) in [5.41, 5.74) is 0. The first-order valence-electron chi connectivity index (χ1n) is 32.3. The third kappa shape index (κ3) is 56.2. The van der Waals surface area contributed by atoms with Crippen LogP contribution in [-0.2, 0) is 14.3 Å². The minimum absolute atomic E-state index is 0.0205. The lowest BCUT2D eigenvalue weighted by Gasteiger charge is -2.22. The average Bonchev–Trinajstić information content (AvgIpc) is 3.36. The van der Waals surface area contributed by atoms with Crippen molar-refractivity contribution >= 4 is 11.9 Å². The van der Waals surface area contributed by atoms with Crippen LogP contribution in [0.1, 0.15) is 373 Å². The molecule has 0 fully saturated rings. The van der Waals surface area contributed by atoms with E-state index in [1.54, 1.807) is 0 Å². The van der Waals surface area contributed by atoms with Crippen LogP contribution in [0.25, 0.3) is 0 Å². The lowest BCUT2D eigenvalue weighted by Crippen LogP contribution is -2.45. The maximum Gasteiger partial charge on any atom is 0.305 e. The molecule has 1 amide bonds. The molecule has 2 atom stereocenters. The normalized spacial score (nSPS) is 12.5. The number of rotatable bonds is 61. The Morgan fingerprint density at radius 3 is 0.871 bits per heavy atom. The molecule has 0 aliphatic rings. The van der Waals surface area contributed by atoms with Gasteiger partial charge in [-0.15, -0.1) is 0 Å². The lowest BCUT2D eigenvalue weighted by molar-refractivity contribution is -0.143. The molecule has 0 saturated carbocycles. The van der Waals surface area contributed by atoms with Crippen LogP contribution in [0, 0.1) is 0 Å². The van der Waals surface area contributed by atoms with Crippen molar-refractivity contribution in [2.75, 3.05) is 13.2 Å². The van der Waals surface area contributed by atoms with Gasteiger partial charge in [-0.3, -0.25) is 9.59 Å². The van der Waals surface area contributed by atoms with E-state index in [9.17, 15) is 19.8 Å². The second-order valence-corrected chi connectivity index (χ2v) is 22.5. The van der Waals surface area contributed by atoms with Gasteiger partial charge < -0.3 is 20.3 Å². The molecule has 0 aromatic heterocycles. The van der Waals surface area contributed by atoms with Gasteiger partial charge >= 0.3 is 5.97 Å². The molecule has 0 saturated heterocycles. The molecule has 0 heterocycles. The Balaban J connectivity index is 3.32. The minimum Gasteiger partial charge on any atom is -0.466 e. The smallest absolute Gasteiger partial charge is 0.305 e. The molecule has 0 radical (unpaired) electrons. The fourth-order valence-corrected chi connectivity index (χ4v) is 10.5. The van der Waals surface area contributed by atoms with Crippen molar-refractivity contribution < 1.29 is 24.5 Å². The number of unbranched alkanes of at least 4 members (excludes halogenated alkanes) is 50. The average molecular weight is 991 g/mol. The summed E-state index contributed by atoms with van der Waals surface area (Å²) >= 11 is 0. The van der Waals surface area contributed by atoms with Crippen LogP contribution in [0.2, 0.25) is 0 Å². The minimum atomic E-state index is -0.660. The number of nitrogens with one attached hydrogen (secondary N) is 1. The third-order valence-electron chi connectivity index (χ3n) is 15.4. The highest BCUT2D eigenvalue weighted by Crippen LogP contribution is 2.19. The summed E-state index contributed by atoms with van der Waals surface area (Å²) in [4.78, 5) is 24.5. The largest absolute Gasteiger partial charge is 0.466 e. The molecule has 0 bridgehead atoms. The van der Waals surface area contributed by atoms with E-state index in [-0.39, 0.29) is 18.5 Å². The van der Waals surface area contributed by atoms with Gasteiger partial charge in [-0.05, 0) is 25.7 Å². The molecular formula is C64H127NO5. The van der Waals surface area contributed by atoms with E-state index in [0.29, 0.717) is 25.9 Å². The first-order chi connectivity index (χ1) is 34.5. The van der Waals surface area contributed by atoms with Gasteiger partial charge in [0.2, 0.25) is 5.91 Å². The molecule has 0 aliphatic carbocycles. The molecule has 3 N–H and O–H groups in total. The number of aliphatic hydroxyl groups excluding tert-OH is 2. The summed E-state index contributed by atoms with van der Waals surface area (Å²) in [6.45, 7) is 4.99. The Hall–Kier alpha value is -1.14. The van der Waals surface area contributed by atoms with E-state index in [0.717, 1.165) is 38.5 Å². The molecule has 418 valence electrons. The number of carbonyl (C=O) groups is 2. The summed E-state index contributed by atoms with van der Waals surface area (Å²) in [6, 6.07) is -0.537. The Morgan fingerprint density at radius 1 is 0.343 bits per heavy atom. The Bertz CT molecular complexity index is 1010. The first kappa shape index (κ1) is 68.9. The van der Waals surface area contributed by atoms with Gasteiger partial charge in [0.1, 0.15) is 0 Å². The summed E-state index contributed by atoms with van der Waals surface area (Å²) in [5, 5.41) is 23.3. The van der Waals surface area contributed by atoms with Gasteiger partial charge in [-0.2, -0.15) is 0 Å².